The first-order valence-corrected chi connectivity index (χ1v) is 8.82. The third-order valence-corrected chi connectivity index (χ3v) is 3.81. The number of anilines is 2. The maximum Gasteiger partial charge on any atom is 0.255 e. The first-order chi connectivity index (χ1) is 12.7. The molecule has 0 aliphatic rings. The van der Waals surface area contributed by atoms with Crippen molar-refractivity contribution in [3.8, 4) is 0 Å². The van der Waals surface area contributed by atoms with Crippen molar-refractivity contribution in [1.82, 2.24) is 5.32 Å². The van der Waals surface area contributed by atoms with Crippen LogP contribution in [0.15, 0.2) is 48.5 Å². The lowest BCUT2D eigenvalue weighted by molar-refractivity contribution is -0.123. The van der Waals surface area contributed by atoms with Crippen molar-refractivity contribution >= 4 is 29.1 Å². The maximum absolute atomic E-state index is 12.5. The molecule has 0 heterocycles. The Bertz CT molecular complexity index is 836. The highest BCUT2D eigenvalue weighted by atomic mass is 16.2. The number of carbonyl (C=O) groups excluding carboxylic acids is 3. The molecule has 0 radical (unpaired) electrons. The third kappa shape index (κ3) is 5.67. The minimum Gasteiger partial charge on any atom is -0.352 e. The third-order valence-electron chi connectivity index (χ3n) is 3.81. The Kier molecular flexibility index (Phi) is 6.34. The molecular formula is C21H25N3O3. The highest BCUT2D eigenvalue weighted by Gasteiger charge is 2.21. The van der Waals surface area contributed by atoms with E-state index >= 15 is 0 Å². The zero-order chi connectivity index (χ0) is 20.0. The number of amides is 3. The lowest BCUT2D eigenvalue weighted by atomic mass is 9.95. The van der Waals surface area contributed by atoms with Crippen LogP contribution < -0.4 is 16.0 Å². The molecule has 0 aliphatic carbocycles. The molecule has 6 heteroatoms. The Morgan fingerprint density at radius 3 is 2.07 bits per heavy atom. The van der Waals surface area contributed by atoms with Gasteiger partial charge in [-0.05, 0) is 49.4 Å². The zero-order valence-electron chi connectivity index (χ0n) is 16.1. The Balaban J connectivity index is 2.07. The summed E-state index contributed by atoms with van der Waals surface area (Å²) in [5, 5.41) is 8.31. The van der Waals surface area contributed by atoms with Gasteiger partial charge in [0.15, 0.2) is 0 Å². The summed E-state index contributed by atoms with van der Waals surface area (Å²) >= 11 is 0. The average Bonchev–Trinajstić information content (AvgIpc) is 2.62. The number of hydrogen-bond donors (Lipinski definition) is 3. The lowest BCUT2D eigenvalue weighted by Crippen LogP contribution is -2.27. The minimum atomic E-state index is -0.524. The van der Waals surface area contributed by atoms with Gasteiger partial charge in [0.2, 0.25) is 5.91 Å². The average molecular weight is 367 g/mol. The van der Waals surface area contributed by atoms with E-state index in [-0.39, 0.29) is 17.7 Å². The first kappa shape index (κ1) is 20.2. The van der Waals surface area contributed by atoms with Gasteiger partial charge in [0.05, 0.1) is 0 Å². The molecule has 0 aromatic heterocycles. The smallest absolute Gasteiger partial charge is 0.255 e. The fourth-order valence-electron chi connectivity index (χ4n) is 2.23. The van der Waals surface area contributed by atoms with Crippen molar-refractivity contribution in [2.24, 2.45) is 5.41 Å². The van der Waals surface area contributed by atoms with Crippen LogP contribution in [0.5, 0.6) is 0 Å². The van der Waals surface area contributed by atoms with E-state index in [2.05, 4.69) is 16.0 Å². The molecular weight excluding hydrogens is 342 g/mol. The van der Waals surface area contributed by atoms with Crippen LogP contribution in [0, 0.1) is 5.41 Å². The Morgan fingerprint density at radius 1 is 0.815 bits per heavy atom. The molecule has 0 spiro atoms. The van der Waals surface area contributed by atoms with Crippen LogP contribution in [0.4, 0.5) is 11.4 Å². The van der Waals surface area contributed by atoms with E-state index in [0.717, 1.165) is 0 Å². The molecule has 0 aliphatic heterocycles. The molecule has 6 nitrogen and oxygen atoms in total. The summed E-state index contributed by atoms with van der Waals surface area (Å²) in [7, 11) is 0. The molecule has 2 aromatic carbocycles. The summed E-state index contributed by atoms with van der Waals surface area (Å²) < 4.78 is 0. The van der Waals surface area contributed by atoms with Crippen LogP contribution in [-0.4, -0.2) is 24.3 Å². The van der Waals surface area contributed by atoms with E-state index in [1.165, 1.54) is 0 Å². The maximum atomic E-state index is 12.5. The van der Waals surface area contributed by atoms with Crippen molar-refractivity contribution in [3.05, 3.63) is 59.7 Å². The van der Waals surface area contributed by atoms with Gasteiger partial charge in [-0.1, -0.05) is 26.8 Å². The molecule has 0 unspecified atom stereocenters. The molecule has 3 N–H and O–H groups in total. The second-order valence-corrected chi connectivity index (χ2v) is 7.18. The van der Waals surface area contributed by atoms with Gasteiger partial charge in [0.25, 0.3) is 11.8 Å². The van der Waals surface area contributed by atoms with E-state index in [0.29, 0.717) is 29.0 Å². The summed E-state index contributed by atoms with van der Waals surface area (Å²) in [6.45, 7) is 7.87. The second-order valence-electron chi connectivity index (χ2n) is 7.18. The van der Waals surface area contributed by atoms with Gasteiger partial charge in [0, 0.05) is 34.5 Å². The summed E-state index contributed by atoms with van der Waals surface area (Å²) in [6.07, 6.45) is 0. The second kappa shape index (κ2) is 8.49. The number of carbonyl (C=O) groups is 3. The van der Waals surface area contributed by atoms with Crippen molar-refractivity contribution in [2.45, 2.75) is 27.7 Å². The Morgan fingerprint density at radius 2 is 1.48 bits per heavy atom. The molecule has 2 aromatic rings. The molecule has 0 atom stereocenters. The Hall–Kier alpha value is -3.15. The van der Waals surface area contributed by atoms with Crippen LogP contribution in [0.3, 0.4) is 0 Å². The molecule has 0 bridgehead atoms. The minimum absolute atomic E-state index is 0.124. The van der Waals surface area contributed by atoms with Gasteiger partial charge in [0.1, 0.15) is 0 Å². The summed E-state index contributed by atoms with van der Waals surface area (Å²) in [4.78, 5) is 36.3. The number of nitrogens with one attached hydrogen (secondary N) is 3. The molecule has 0 saturated carbocycles. The van der Waals surface area contributed by atoms with Crippen LogP contribution in [0.2, 0.25) is 0 Å². The van der Waals surface area contributed by atoms with Crippen LogP contribution in [-0.2, 0) is 4.79 Å². The van der Waals surface area contributed by atoms with Crippen molar-refractivity contribution < 1.29 is 14.4 Å². The quantitative estimate of drug-likeness (QED) is 0.753. The normalized spacial score (nSPS) is 10.8. The van der Waals surface area contributed by atoms with Gasteiger partial charge in [-0.3, -0.25) is 14.4 Å². The summed E-state index contributed by atoms with van der Waals surface area (Å²) in [6, 6.07) is 13.4. The van der Waals surface area contributed by atoms with Crippen molar-refractivity contribution in [2.75, 3.05) is 17.2 Å². The first-order valence-electron chi connectivity index (χ1n) is 8.82. The van der Waals surface area contributed by atoms with Crippen LogP contribution in [0.1, 0.15) is 48.4 Å². The molecule has 0 fully saturated rings. The predicted octanol–water partition coefficient (Wildman–Crippen LogP) is 3.67. The standard InChI is InChI=1S/C21H25N3O3/c1-5-22-18(25)14-9-11-16(12-10-14)23-19(26)15-7-6-8-17(13-15)24-20(27)21(2,3)4/h6-13H,5H2,1-4H3,(H,22,25)(H,23,26)(H,24,27). The van der Waals surface area contributed by atoms with Gasteiger partial charge in [-0.2, -0.15) is 0 Å². The van der Waals surface area contributed by atoms with Gasteiger partial charge in [-0.15, -0.1) is 0 Å². The highest BCUT2D eigenvalue weighted by molar-refractivity contribution is 6.05. The number of rotatable bonds is 5. The van der Waals surface area contributed by atoms with Crippen molar-refractivity contribution in [3.63, 3.8) is 0 Å². The van der Waals surface area contributed by atoms with Gasteiger partial charge >= 0.3 is 0 Å². The largest absolute Gasteiger partial charge is 0.352 e. The van der Waals surface area contributed by atoms with E-state index < -0.39 is 5.41 Å². The zero-order valence-corrected chi connectivity index (χ0v) is 16.1. The molecule has 3 amide bonds. The number of hydrogen-bond acceptors (Lipinski definition) is 3. The highest BCUT2D eigenvalue weighted by Crippen LogP contribution is 2.19. The van der Waals surface area contributed by atoms with E-state index in [1.807, 2.05) is 27.7 Å². The summed E-state index contributed by atoms with van der Waals surface area (Å²) in [5.74, 6) is -0.578. The SMILES string of the molecule is CCNC(=O)c1ccc(NC(=O)c2cccc(NC(=O)C(C)(C)C)c2)cc1. The molecule has 2 rings (SSSR count). The molecule has 142 valence electrons. The van der Waals surface area contributed by atoms with E-state index in [1.54, 1.807) is 48.5 Å². The van der Waals surface area contributed by atoms with Gasteiger partial charge in [-0.25, -0.2) is 0 Å². The van der Waals surface area contributed by atoms with E-state index in [9.17, 15) is 14.4 Å². The lowest BCUT2D eigenvalue weighted by Gasteiger charge is -2.18. The Labute approximate surface area is 159 Å². The topological polar surface area (TPSA) is 87.3 Å². The van der Waals surface area contributed by atoms with E-state index in [4.69, 9.17) is 0 Å². The van der Waals surface area contributed by atoms with Crippen molar-refractivity contribution in [1.29, 1.82) is 0 Å². The summed E-state index contributed by atoms with van der Waals surface area (Å²) in [5.41, 5.74) is 1.58. The number of benzene rings is 2. The fraction of sp³-hybridized carbons (Fsp3) is 0.286. The molecule has 27 heavy (non-hydrogen) atoms. The van der Waals surface area contributed by atoms with Gasteiger partial charge < -0.3 is 16.0 Å². The van der Waals surface area contributed by atoms with Crippen LogP contribution in [0.25, 0.3) is 0 Å². The van der Waals surface area contributed by atoms with Crippen LogP contribution >= 0.6 is 0 Å². The predicted molar refractivity (Wildman–Crippen MR) is 107 cm³/mol. The molecule has 0 saturated heterocycles. The fourth-order valence-corrected chi connectivity index (χ4v) is 2.23. The monoisotopic (exact) mass is 367 g/mol.